The van der Waals surface area contributed by atoms with E-state index in [1.54, 1.807) is 6.07 Å². The number of halogens is 2. The van der Waals surface area contributed by atoms with Crippen molar-refractivity contribution < 1.29 is 27.6 Å². The Morgan fingerprint density at radius 2 is 1.93 bits per heavy atom. The molecule has 144 valence electrons. The molecule has 0 radical (unpaired) electrons. The molecule has 0 bridgehead atoms. The highest BCUT2D eigenvalue weighted by molar-refractivity contribution is 5.91. The zero-order chi connectivity index (χ0) is 19.8. The molecule has 0 spiro atoms. The van der Waals surface area contributed by atoms with Gasteiger partial charge in [0, 0.05) is 20.0 Å². The average molecular weight is 379 g/mol. The highest BCUT2D eigenvalue weighted by atomic mass is 19.2. The number of likely N-dealkylation sites (N-methyl/N-ethyl adjacent to an activating group) is 1. The number of hydrogen-bond donors (Lipinski definition) is 3. The molecule has 1 aromatic carbocycles. The van der Waals surface area contributed by atoms with E-state index in [1.807, 2.05) is 0 Å². The minimum absolute atomic E-state index is 0.0234. The van der Waals surface area contributed by atoms with Crippen molar-refractivity contribution in [2.24, 2.45) is 0 Å². The van der Waals surface area contributed by atoms with E-state index in [1.165, 1.54) is 25.4 Å². The molecule has 0 aliphatic heterocycles. The largest absolute Gasteiger partial charge is 0.459 e. The standard InChI is InChI=1S/C18H19F2N3O4/c1-21-18(26)16(11-6-7-12(19)13(20)10-11)23-15(24)5-2-8-22-17(25)14-4-3-9-27-14/h3-4,6-7,9-10,16H,2,5,8H2,1H3,(H,21,26)(H,22,25)(H,23,24). The molecule has 7 nitrogen and oxygen atoms in total. The maximum atomic E-state index is 13.4. The van der Waals surface area contributed by atoms with Gasteiger partial charge in [0.2, 0.25) is 11.8 Å². The van der Waals surface area contributed by atoms with Crippen molar-refractivity contribution in [1.82, 2.24) is 16.0 Å². The molecule has 0 saturated heterocycles. The molecule has 0 aliphatic rings. The van der Waals surface area contributed by atoms with Gasteiger partial charge in [-0.05, 0) is 36.2 Å². The van der Waals surface area contributed by atoms with Gasteiger partial charge < -0.3 is 20.4 Å². The molecule has 1 unspecified atom stereocenters. The molecule has 1 atom stereocenters. The first-order chi connectivity index (χ1) is 12.9. The van der Waals surface area contributed by atoms with E-state index in [0.29, 0.717) is 6.42 Å². The first-order valence-electron chi connectivity index (χ1n) is 8.20. The summed E-state index contributed by atoms with van der Waals surface area (Å²) in [5.74, 6) is -3.44. The Morgan fingerprint density at radius 3 is 2.56 bits per heavy atom. The third kappa shape index (κ3) is 5.63. The van der Waals surface area contributed by atoms with Crippen LogP contribution >= 0.6 is 0 Å². The van der Waals surface area contributed by atoms with Crippen molar-refractivity contribution in [3.8, 4) is 0 Å². The zero-order valence-electron chi connectivity index (χ0n) is 14.6. The Balaban J connectivity index is 1.87. The summed E-state index contributed by atoms with van der Waals surface area (Å²) in [5, 5.41) is 7.43. The molecule has 27 heavy (non-hydrogen) atoms. The lowest BCUT2D eigenvalue weighted by Gasteiger charge is -2.18. The Kier molecular flexibility index (Phi) is 7.04. The Morgan fingerprint density at radius 1 is 1.15 bits per heavy atom. The summed E-state index contributed by atoms with van der Waals surface area (Å²) < 4.78 is 31.4. The number of carbonyl (C=O) groups excluding carboxylic acids is 3. The predicted octanol–water partition coefficient (Wildman–Crippen LogP) is 1.67. The molecule has 2 aromatic rings. The van der Waals surface area contributed by atoms with Gasteiger partial charge in [0.15, 0.2) is 17.4 Å². The molecule has 3 N–H and O–H groups in total. The molecule has 0 fully saturated rings. The summed E-state index contributed by atoms with van der Waals surface area (Å²) in [7, 11) is 1.37. The lowest BCUT2D eigenvalue weighted by molar-refractivity contribution is -0.128. The van der Waals surface area contributed by atoms with Gasteiger partial charge in [-0.25, -0.2) is 8.78 Å². The fourth-order valence-corrected chi connectivity index (χ4v) is 2.32. The van der Waals surface area contributed by atoms with Crippen LogP contribution in [0.5, 0.6) is 0 Å². The number of nitrogens with one attached hydrogen (secondary N) is 3. The van der Waals surface area contributed by atoms with Crippen molar-refractivity contribution in [2.45, 2.75) is 18.9 Å². The van der Waals surface area contributed by atoms with Gasteiger partial charge in [0.1, 0.15) is 6.04 Å². The minimum atomic E-state index is -1.16. The molecule has 0 saturated carbocycles. The summed E-state index contributed by atoms with van der Waals surface area (Å²) in [6, 6.07) is 4.91. The number of benzene rings is 1. The summed E-state index contributed by atoms with van der Waals surface area (Å²) in [6.45, 7) is 0.225. The van der Waals surface area contributed by atoms with Crippen LogP contribution in [0.15, 0.2) is 41.0 Å². The third-order valence-corrected chi connectivity index (χ3v) is 3.70. The van der Waals surface area contributed by atoms with Crippen molar-refractivity contribution in [3.05, 3.63) is 59.6 Å². The molecule has 1 aromatic heterocycles. The molecular formula is C18H19F2N3O4. The Labute approximate surface area is 154 Å². The lowest BCUT2D eigenvalue weighted by atomic mass is 10.1. The van der Waals surface area contributed by atoms with E-state index in [9.17, 15) is 23.2 Å². The van der Waals surface area contributed by atoms with E-state index in [-0.39, 0.29) is 24.3 Å². The van der Waals surface area contributed by atoms with E-state index in [0.717, 1.165) is 12.1 Å². The summed E-state index contributed by atoms with van der Waals surface area (Å²) >= 11 is 0. The van der Waals surface area contributed by atoms with Crippen LogP contribution in [0.1, 0.15) is 35.0 Å². The van der Waals surface area contributed by atoms with Crippen molar-refractivity contribution >= 4 is 17.7 Å². The van der Waals surface area contributed by atoms with Crippen molar-refractivity contribution in [3.63, 3.8) is 0 Å². The van der Waals surface area contributed by atoms with E-state index < -0.39 is 35.4 Å². The van der Waals surface area contributed by atoms with Crippen LogP contribution in [-0.4, -0.2) is 31.3 Å². The van der Waals surface area contributed by atoms with Crippen LogP contribution in [0, 0.1) is 11.6 Å². The Bertz CT molecular complexity index is 809. The predicted molar refractivity (Wildman–Crippen MR) is 91.6 cm³/mol. The quantitative estimate of drug-likeness (QED) is 0.608. The van der Waals surface area contributed by atoms with Crippen LogP contribution in [-0.2, 0) is 9.59 Å². The normalized spacial score (nSPS) is 11.5. The van der Waals surface area contributed by atoms with Crippen LogP contribution in [0.3, 0.4) is 0 Å². The molecule has 9 heteroatoms. The average Bonchev–Trinajstić information content (AvgIpc) is 3.19. The highest BCUT2D eigenvalue weighted by Crippen LogP contribution is 2.17. The molecule has 0 aliphatic carbocycles. The van der Waals surface area contributed by atoms with Crippen LogP contribution < -0.4 is 16.0 Å². The lowest BCUT2D eigenvalue weighted by Crippen LogP contribution is -2.39. The van der Waals surface area contributed by atoms with Crippen molar-refractivity contribution in [1.29, 1.82) is 0 Å². The van der Waals surface area contributed by atoms with Crippen molar-refractivity contribution in [2.75, 3.05) is 13.6 Å². The van der Waals surface area contributed by atoms with Gasteiger partial charge in [-0.1, -0.05) is 6.07 Å². The van der Waals surface area contributed by atoms with Gasteiger partial charge >= 0.3 is 0 Å². The molecule has 1 heterocycles. The van der Waals surface area contributed by atoms with Gasteiger partial charge in [0.05, 0.1) is 6.26 Å². The van der Waals surface area contributed by atoms with Gasteiger partial charge in [-0.2, -0.15) is 0 Å². The van der Waals surface area contributed by atoms with E-state index in [2.05, 4.69) is 16.0 Å². The number of furan rings is 1. The van der Waals surface area contributed by atoms with Gasteiger partial charge in [-0.15, -0.1) is 0 Å². The van der Waals surface area contributed by atoms with E-state index >= 15 is 0 Å². The fourth-order valence-electron chi connectivity index (χ4n) is 2.32. The SMILES string of the molecule is CNC(=O)C(NC(=O)CCCNC(=O)c1ccco1)c1ccc(F)c(F)c1. The van der Waals surface area contributed by atoms with Gasteiger partial charge in [-0.3, -0.25) is 14.4 Å². The number of carbonyl (C=O) groups is 3. The van der Waals surface area contributed by atoms with E-state index in [4.69, 9.17) is 4.42 Å². The highest BCUT2D eigenvalue weighted by Gasteiger charge is 2.22. The monoisotopic (exact) mass is 379 g/mol. The summed E-state index contributed by atoms with van der Waals surface area (Å²) in [5.41, 5.74) is 0.118. The van der Waals surface area contributed by atoms with Gasteiger partial charge in [0.25, 0.3) is 5.91 Å². The second kappa shape index (κ2) is 9.46. The molecule has 3 amide bonds. The zero-order valence-corrected chi connectivity index (χ0v) is 14.6. The number of rotatable bonds is 8. The molecule has 2 rings (SSSR count). The third-order valence-electron chi connectivity index (χ3n) is 3.70. The summed E-state index contributed by atoms with van der Waals surface area (Å²) in [4.78, 5) is 35.7. The second-order valence-electron chi connectivity index (χ2n) is 5.63. The number of amides is 3. The molecular weight excluding hydrogens is 360 g/mol. The first-order valence-corrected chi connectivity index (χ1v) is 8.20. The number of hydrogen-bond acceptors (Lipinski definition) is 4. The topological polar surface area (TPSA) is 100 Å². The van der Waals surface area contributed by atoms with Crippen LogP contribution in [0.25, 0.3) is 0 Å². The maximum absolute atomic E-state index is 13.4. The minimum Gasteiger partial charge on any atom is -0.459 e. The van der Waals surface area contributed by atoms with Crippen LogP contribution in [0.4, 0.5) is 8.78 Å². The maximum Gasteiger partial charge on any atom is 0.286 e. The fraction of sp³-hybridized carbons (Fsp3) is 0.278. The smallest absolute Gasteiger partial charge is 0.286 e. The summed E-state index contributed by atoms with van der Waals surface area (Å²) in [6.07, 6.45) is 1.71. The second-order valence-corrected chi connectivity index (χ2v) is 5.63. The van der Waals surface area contributed by atoms with Crippen LogP contribution in [0.2, 0.25) is 0 Å². The first kappa shape index (κ1) is 20.1. The Hall–Kier alpha value is -3.23.